The second kappa shape index (κ2) is 19.4. The zero-order valence-corrected chi connectivity index (χ0v) is 21.4. The van der Waals surface area contributed by atoms with Gasteiger partial charge < -0.3 is 10.9 Å². The average Bonchev–Trinajstić information content (AvgIpc) is 3.24. The van der Waals surface area contributed by atoms with Gasteiger partial charge in [-0.2, -0.15) is 49.7 Å². The molecule has 5 heteroatoms. The number of benzene rings is 2. The van der Waals surface area contributed by atoms with Gasteiger partial charge in [-0.15, -0.1) is 78.3 Å². The number of rotatable bonds is 0. The number of H-pyrrole nitrogens is 1. The van der Waals surface area contributed by atoms with Gasteiger partial charge in [0.15, 0.2) is 0 Å². The van der Waals surface area contributed by atoms with Gasteiger partial charge in [0.1, 0.15) is 0 Å². The molecule has 0 amide bonds. The molecule has 4 aromatic rings. The van der Waals surface area contributed by atoms with Crippen LogP contribution in [0.5, 0.6) is 0 Å². The second-order valence-electron chi connectivity index (χ2n) is 6.16. The van der Waals surface area contributed by atoms with E-state index in [-0.39, 0.29) is 46.5 Å². The third-order valence-electron chi connectivity index (χ3n) is 2.94. The third kappa shape index (κ3) is 13.3. The molecule has 28 heavy (non-hydrogen) atoms. The van der Waals surface area contributed by atoms with Gasteiger partial charge in [-0.1, -0.05) is 31.3 Å². The molecule has 0 bridgehead atoms. The molecule has 3 aromatic carbocycles. The van der Waals surface area contributed by atoms with Gasteiger partial charge in [-0.3, -0.25) is 0 Å². The van der Waals surface area contributed by atoms with E-state index in [9.17, 15) is 0 Å². The van der Waals surface area contributed by atoms with Crippen LogP contribution >= 0.6 is 24.8 Å². The minimum Gasteiger partial charge on any atom is -0.477 e. The summed E-state index contributed by atoms with van der Waals surface area (Å²) in [5, 5.41) is 3.88. The molecule has 0 aliphatic heterocycles. The largest absolute Gasteiger partial charge is 3.00 e. The van der Waals surface area contributed by atoms with Crippen LogP contribution in [0.2, 0.25) is 13.1 Å². The van der Waals surface area contributed by atoms with E-state index in [4.69, 9.17) is 0 Å². The number of para-hydroxylation sites is 1. The molecule has 0 fully saturated rings. The summed E-state index contributed by atoms with van der Waals surface area (Å²) in [4.78, 5) is 2.99. The van der Waals surface area contributed by atoms with Crippen LogP contribution in [0.1, 0.15) is 20.8 Å². The van der Waals surface area contributed by atoms with E-state index in [0.717, 1.165) is 15.0 Å². The molecule has 1 nitrogen and oxygen atoms in total. The van der Waals surface area contributed by atoms with Crippen molar-refractivity contribution in [2.24, 2.45) is 0 Å². The topological polar surface area (TPSA) is 15.8 Å². The van der Waals surface area contributed by atoms with Crippen molar-refractivity contribution in [3.05, 3.63) is 84.9 Å². The molecular formula is C23H30Cl2NSiTi. The zero-order chi connectivity index (χ0) is 18.5. The zero-order valence-electron chi connectivity index (χ0n) is 17.2. The molecule has 0 spiro atoms. The monoisotopic (exact) mass is 466 g/mol. The van der Waals surface area contributed by atoms with Crippen molar-refractivity contribution in [1.29, 1.82) is 0 Å². The summed E-state index contributed by atoms with van der Waals surface area (Å²) in [5.74, 6) is 1.42. The molecule has 3 radical (unpaired) electrons. The van der Waals surface area contributed by atoms with Gasteiger partial charge in [0.05, 0.1) is 0 Å². The Morgan fingerprint density at radius 3 is 1.89 bits per heavy atom. The normalized spacial score (nSPS) is 8.50. The van der Waals surface area contributed by atoms with Crippen LogP contribution in [0.15, 0.2) is 72.8 Å². The Labute approximate surface area is 200 Å². The first-order chi connectivity index (χ1) is 12.1. The van der Waals surface area contributed by atoms with Crippen molar-refractivity contribution >= 4 is 56.0 Å². The predicted molar refractivity (Wildman–Crippen MR) is 129 cm³/mol. The number of nitrogens with one attached hydrogen (secondary N) is 1. The van der Waals surface area contributed by atoms with Gasteiger partial charge in [0.25, 0.3) is 0 Å². The van der Waals surface area contributed by atoms with E-state index in [0.29, 0.717) is 0 Å². The van der Waals surface area contributed by atoms with Crippen LogP contribution in [0.4, 0.5) is 0 Å². The molecule has 0 saturated heterocycles. The Morgan fingerprint density at radius 2 is 1.36 bits per heavy atom. The molecule has 4 rings (SSSR count). The summed E-state index contributed by atoms with van der Waals surface area (Å²) in [5.41, 5.74) is 1.15. The Hall–Kier alpha value is -0.899. The van der Waals surface area contributed by atoms with Crippen LogP contribution in [-0.2, 0) is 21.7 Å². The van der Waals surface area contributed by atoms with Crippen molar-refractivity contribution in [3.63, 3.8) is 0 Å². The smallest absolute Gasteiger partial charge is 0.477 e. The number of aromatic nitrogens is 1. The van der Waals surface area contributed by atoms with Crippen molar-refractivity contribution in [3.8, 4) is 0 Å². The maximum Gasteiger partial charge on any atom is 3.00 e. The average molecular weight is 467 g/mol. The van der Waals surface area contributed by atoms with Crippen LogP contribution in [0.3, 0.4) is 0 Å². The summed E-state index contributed by atoms with van der Waals surface area (Å²) >= 11 is 0. The number of hydrogen-bond acceptors (Lipinski definition) is 0. The van der Waals surface area contributed by atoms with E-state index >= 15 is 0 Å². The Balaban J connectivity index is -0.000000314. The van der Waals surface area contributed by atoms with E-state index in [1.54, 1.807) is 0 Å². The minimum atomic E-state index is 0. The van der Waals surface area contributed by atoms with Crippen molar-refractivity contribution < 1.29 is 21.7 Å². The summed E-state index contributed by atoms with van der Waals surface area (Å²) in [7, 11) is 1.08. The molecule has 0 aliphatic rings. The van der Waals surface area contributed by atoms with Crippen molar-refractivity contribution in [2.45, 2.75) is 33.9 Å². The van der Waals surface area contributed by atoms with E-state index in [2.05, 4.69) is 93.6 Å². The first-order valence-electron chi connectivity index (χ1n) is 8.48. The van der Waals surface area contributed by atoms with Gasteiger partial charge in [0, 0.05) is 9.52 Å². The molecule has 0 unspecified atom stereocenters. The van der Waals surface area contributed by atoms with E-state index in [1.807, 2.05) is 24.3 Å². The molecule has 0 saturated carbocycles. The van der Waals surface area contributed by atoms with Crippen LogP contribution < -0.4 is 0 Å². The Kier molecular flexibility index (Phi) is 22.0. The molecule has 1 aromatic heterocycles. The van der Waals surface area contributed by atoms with Crippen LogP contribution in [0.25, 0.3) is 21.7 Å². The predicted octanol–water partition coefficient (Wildman–Crippen LogP) is 7.78. The van der Waals surface area contributed by atoms with Crippen LogP contribution in [-0.4, -0.2) is 14.5 Å². The number of aromatic amines is 1. The summed E-state index contributed by atoms with van der Waals surface area (Å²) in [6.45, 7) is 10.6. The first kappa shape index (κ1) is 31.8. The maximum atomic E-state index is 2.99. The molecule has 149 valence electrons. The molecule has 1 N–H and O–H groups in total. The van der Waals surface area contributed by atoms with Crippen molar-refractivity contribution in [1.82, 2.24) is 4.98 Å². The SMILES string of the molecule is C[C-](C)C.C[Si]C.Cl.Cl.[Ti+3].[c-]1cc2ccccc2[nH]1.c1ccc2[cH-]ccc2c1. The summed E-state index contributed by atoms with van der Waals surface area (Å²) in [6, 6.07) is 24.7. The van der Waals surface area contributed by atoms with Gasteiger partial charge >= 0.3 is 21.7 Å². The second-order valence-corrected chi connectivity index (χ2v) is 7.16. The molecular weight excluding hydrogens is 437 g/mol. The first-order valence-corrected chi connectivity index (χ1v) is 10.5. The van der Waals surface area contributed by atoms with E-state index < -0.39 is 0 Å². The molecule has 0 aliphatic carbocycles. The fourth-order valence-corrected chi connectivity index (χ4v) is 2.00. The Morgan fingerprint density at radius 1 is 0.857 bits per heavy atom. The quantitative estimate of drug-likeness (QED) is 0.201. The fraction of sp³-hybridized carbons (Fsp3) is 0.217. The minimum absolute atomic E-state index is 0. The molecule has 1 heterocycles. The van der Waals surface area contributed by atoms with E-state index in [1.165, 1.54) is 22.1 Å². The number of hydrogen-bond donors (Lipinski definition) is 1. The standard InChI is InChI=1S/C9H7.C8H6N.C4H9.C2H6Si.2ClH.Ti/c1-2-5-9-7-3-6-8(9)4-1;1-2-4-8-7(3-1)5-6-9-8;1-4(2)3;1-3-2;;;/h1-7H;1-5,9H;1-3H3;1-2H3;2*1H;/q3*-1;;;;+3. The van der Waals surface area contributed by atoms with Crippen LogP contribution in [0, 0.1) is 12.1 Å². The maximum absolute atomic E-state index is 2.99. The number of fused-ring (bicyclic) bond motifs is 2. The molecule has 0 atom stereocenters. The van der Waals surface area contributed by atoms with Gasteiger partial charge in [0.2, 0.25) is 0 Å². The summed E-state index contributed by atoms with van der Waals surface area (Å²) < 4.78 is 0. The Bertz CT molecular complexity index is 698. The third-order valence-corrected chi connectivity index (χ3v) is 2.94. The van der Waals surface area contributed by atoms with Gasteiger partial charge in [-0.05, 0) is 0 Å². The fourth-order valence-electron chi connectivity index (χ4n) is 2.00. The van der Waals surface area contributed by atoms with Crippen molar-refractivity contribution in [2.75, 3.05) is 0 Å². The van der Waals surface area contributed by atoms with Gasteiger partial charge in [-0.25, -0.2) is 0 Å². The number of halogens is 2. The summed E-state index contributed by atoms with van der Waals surface area (Å²) in [6.07, 6.45) is 2.91.